The van der Waals surface area contributed by atoms with E-state index in [9.17, 15) is 0 Å². The topological polar surface area (TPSA) is 15.3 Å². The molecule has 0 saturated carbocycles. The largest absolute Gasteiger partial charge is 0.314 e. The number of aryl methyl sites for hydroxylation is 3. The highest BCUT2D eigenvalue weighted by Gasteiger charge is 2.06. The highest BCUT2D eigenvalue weighted by Crippen LogP contribution is 2.14. The van der Waals surface area contributed by atoms with E-state index >= 15 is 0 Å². The summed E-state index contributed by atoms with van der Waals surface area (Å²) in [5.74, 6) is 6.62. The fourth-order valence-corrected chi connectivity index (χ4v) is 2.21. The maximum absolute atomic E-state index is 3.36. The molecule has 1 heterocycles. The molecule has 2 nitrogen and oxygen atoms in total. The maximum Gasteiger partial charge on any atom is 0.0606 e. The minimum Gasteiger partial charge on any atom is -0.314 e. The molecule has 1 aromatic rings. The average molecular weight is 242 g/mol. The van der Waals surface area contributed by atoms with Crippen molar-refractivity contribution in [3.63, 3.8) is 0 Å². The summed E-state index contributed by atoms with van der Waals surface area (Å²) in [6.07, 6.45) is 0. The molecule has 0 atom stereocenters. The first-order chi connectivity index (χ1) is 8.66. The van der Waals surface area contributed by atoms with Gasteiger partial charge < -0.3 is 5.32 Å². The third-order valence-electron chi connectivity index (χ3n) is 3.58. The van der Waals surface area contributed by atoms with Crippen LogP contribution in [0.4, 0.5) is 0 Å². The first-order valence-corrected chi connectivity index (χ1v) is 6.66. The zero-order valence-corrected chi connectivity index (χ0v) is 11.6. The van der Waals surface area contributed by atoms with E-state index in [4.69, 9.17) is 0 Å². The van der Waals surface area contributed by atoms with Crippen LogP contribution in [-0.2, 0) is 0 Å². The Hall–Kier alpha value is -1.30. The van der Waals surface area contributed by atoms with Crippen molar-refractivity contribution in [3.8, 4) is 11.8 Å². The summed E-state index contributed by atoms with van der Waals surface area (Å²) < 4.78 is 0. The summed E-state index contributed by atoms with van der Waals surface area (Å²) in [6, 6.07) is 4.43. The normalized spacial score (nSPS) is 16.2. The highest BCUT2D eigenvalue weighted by atomic mass is 15.2. The molecule has 0 spiro atoms. The molecule has 0 bridgehead atoms. The van der Waals surface area contributed by atoms with Gasteiger partial charge in [-0.3, -0.25) is 4.90 Å². The van der Waals surface area contributed by atoms with Crippen LogP contribution in [0.5, 0.6) is 0 Å². The number of nitrogens with one attached hydrogen (secondary N) is 1. The Morgan fingerprint density at radius 2 is 1.72 bits per heavy atom. The van der Waals surface area contributed by atoms with E-state index in [-0.39, 0.29) is 0 Å². The van der Waals surface area contributed by atoms with Gasteiger partial charge in [0.1, 0.15) is 0 Å². The second-order valence-electron chi connectivity index (χ2n) is 5.08. The van der Waals surface area contributed by atoms with Crippen molar-refractivity contribution < 1.29 is 0 Å². The van der Waals surface area contributed by atoms with Crippen LogP contribution in [0, 0.1) is 32.6 Å². The fraction of sp³-hybridized carbons (Fsp3) is 0.500. The summed E-state index contributed by atoms with van der Waals surface area (Å²) in [5, 5.41) is 3.36. The van der Waals surface area contributed by atoms with Crippen LogP contribution in [-0.4, -0.2) is 37.6 Å². The van der Waals surface area contributed by atoms with Crippen LogP contribution in [0.2, 0.25) is 0 Å². The smallest absolute Gasteiger partial charge is 0.0606 e. The molecule has 1 aliphatic rings. The summed E-state index contributed by atoms with van der Waals surface area (Å²) in [4.78, 5) is 2.40. The van der Waals surface area contributed by atoms with Gasteiger partial charge in [-0.15, -0.1) is 0 Å². The lowest BCUT2D eigenvalue weighted by molar-refractivity contribution is 0.268. The Balaban J connectivity index is 2.03. The monoisotopic (exact) mass is 242 g/mol. The van der Waals surface area contributed by atoms with Crippen molar-refractivity contribution in [2.24, 2.45) is 0 Å². The van der Waals surface area contributed by atoms with Gasteiger partial charge in [0.2, 0.25) is 0 Å². The molecule has 1 N–H and O–H groups in total. The Labute approximate surface area is 110 Å². The highest BCUT2D eigenvalue weighted by molar-refractivity contribution is 5.46. The second-order valence-corrected chi connectivity index (χ2v) is 5.08. The average Bonchev–Trinajstić information content (AvgIpc) is 2.37. The van der Waals surface area contributed by atoms with E-state index in [1.807, 2.05) is 0 Å². The van der Waals surface area contributed by atoms with E-state index < -0.39 is 0 Å². The van der Waals surface area contributed by atoms with E-state index in [0.717, 1.165) is 32.7 Å². The fourth-order valence-electron chi connectivity index (χ4n) is 2.21. The SMILES string of the molecule is Cc1cc(C)c(C#CCN2CCNCC2)cc1C. The van der Waals surface area contributed by atoms with Crippen molar-refractivity contribution in [1.29, 1.82) is 0 Å². The Kier molecular flexibility index (Phi) is 4.41. The van der Waals surface area contributed by atoms with Crippen LogP contribution >= 0.6 is 0 Å². The van der Waals surface area contributed by atoms with Crippen molar-refractivity contribution in [2.45, 2.75) is 20.8 Å². The molecule has 0 unspecified atom stereocenters. The number of rotatable bonds is 1. The van der Waals surface area contributed by atoms with Crippen LogP contribution < -0.4 is 5.32 Å². The van der Waals surface area contributed by atoms with E-state index in [1.165, 1.54) is 22.3 Å². The van der Waals surface area contributed by atoms with Gasteiger partial charge in [-0.2, -0.15) is 0 Å². The molecule has 96 valence electrons. The minimum atomic E-state index is 0.883. The molecular weight excluding hydrogens is 220 g/mol. The predicted octanol–water partition coefficient (Wildman–Crippen LogP) is 1.87. The number of hydrogen-bond donors (Lipinski definition) is 1. The lowest BCUT2D eigenvalue weighted by Crippen LogP contribution is -2.43. The summed E-state index contributed by atoms with van der Waals surface area (Å²) >= 11 is 0. The van der Waals surface area contributed by atoms with Crippen LogP contribution in [0.1, 0.15) is 22.3 Å². The third kappa shape index (κ3) is 3.35. The van der Waals surface area contributed by atoms with Gasteiger partial charge in [-0.05, 0) is 43.5 Å². The lowest BCUT2D eigenvalue weighted by Gasteiger charge is -2.24. The standard InChI is InChI=1S/C16H22N2/c1-13-11-15(3)16(12-14(13)2)5-4-8-18-9-6-17-7-10-18/h11-12,17H,6-10H2,1-3H3. The van der Waals surface area contributed by atoms with Gasteiger partial charge in [0.05, 0.1) is 6.54 Å². The molecule has 1 saturated heterocycles. The molecule has 2 heteroatoms. The Morgan fingerprint density at radius 1 is 1.06 bits per heavy atom. The predicted molar refractivity (Wildman–Crippen MR) is 76.8 cm³/mol. The first-order valence-electron chi connectivity index (χ1n) is 6.66. The molecule has 0 radical (unpaired) electrons. The molecule has 1 fully saturated rings. The number of nitrogens with zero attached hydrogens (tertiary/aromatic N) is 1. The van der Waals surface area contributed by atoms with Crippen molar-refractivity contribution in [2.75, 3.05) is 32.7 Å². The van der Waals surface area contributed by atoms with Crippen molar-refractivity contribution in [1.82, 2.24) is 10.2 Å². The zero-order valence-electron chi connectivity index (χ0n) is 11.6. The maximum atomic E-state index is 3.36. The van der Waals surface area contributed by atoms with E-state index in [1.54, 1.807) is 0 Å². The second kappa shape index (κ2) is 6.04. The molecule has 0 aliphatic carbocycles. The van der Waals surface area contributed by atoms with Gasteiger partial charge in [0, 0.05) is 31.7 Å². The minimum absolute atomic E-state index is 0.883. The van der Waals surface area contributed by atoms with Crippen LogP contribution in [0.25, 0.3) is 0 Å². The Bertz CT molecular complexity index is 474. The number of hydrogen-bond acceptors (Lipinski definition) is 2. The zero-order chi connectivity index (χ0) is 13.0. The van der Waals surface area contributed by atoms with Crippen LogP contribution in [0.15, 0.2) is 12.1 Å². The number of benzene rings is 1. The van der Waals surface area contributed by atoms with Gasteiger partial charge in [0.25, 0.3) is 0 Å². The van der Waals surface area contributed by atoms with E-state index in [0.29, 0.717) is 0 Å². The molecule has 1 aliphatic heterocycles. The van der Waals surface area contributed by atoms with Crippen LogP contribution in [0.3, 0.4) is 0 Å². The molecule has 0 aromatic heterocycles. The molecular formula is C16H22N2. The molecule has 2 rings (SSSR count). The third-order valence-corrected chi connectivity index (χ3v) is 3.58. The van der Waals surface area contributed by atoms with Gasteiger partial charge >= 0.3 is 0 Å². The lowest BCUT2D eigenvalue weighted by atomic mass is 10.0. The molecule has 1 aromatic carbocycles. The molecule has 18 heavy (non-hydrogen) atoms. The number of piperazine rings is 1. The van der Waals surface area contributed by atoms with E-state index in [2.05, 4.69) is 55.0 Å². The van der Waals surface area contributed by atoms with Gasteiger partial charge in [-0.25, -0.2) is 0 Å². The quantitative estimate of drug-likeness (QED) is 0.756. The van der Waals surface area contributed by atoms with Crippen molar-refractivity contribution >= 4 is 0 Å². The van der Waals surface area contributed by atoms with Gasteiger partial charge in [0.15, 0.2) is 0 Å². The summed E-state index contributed by atoms with van der Waals surface area (Å²) in [5.41, 5.74) is 5.13. The first kappa shape index (κ1) is 13.1. The van der Waals surface area contributed by atoms with Crippen molar-refractivity contribution in [3.05, 3.63) is 34.4 Å². The Morgan fingerprint density at radius 3 is 2.44 bits per heavy atom. The molecule has 0 amide bonds. The summed E-state index contributed by atoms with van der Waals surface area (Å²) in [6.45, 7) is 11.7. The van der Waals surface area contributed by atoms with Gasteiger partial charge in [-0.1, -0.05) is 17.9 Å². The summed E-state index contributed by atoms with van der Waals surface area (Å²) in [7, 11) is 0.